The highest BCUT2D eigenvalue weighted by Crippen LogP contribution is 2.36. The predicted molar refractivity (Wildman–Crippen MR) is 83.5 cm³/mol. The van der Waals surface area contributed by atoms with Crippen LogP contribution in [0.25, 0.3) is 0 Å². The molecule has 0 saturated carbocycles. The standard InChI is InChI=1S/C15H25SSi/c1-17(2,3)13-16-12-8-7-11-15(16)14-9-5-4-6-10-14/h4-6,9-10,15H,7-8,11-13H2,1-3H3/q+1/t15-,16?/m1/s1. The zero-order chi connectivity index (χ0) is 12.3. The maximum Gasteiger partial charge on any atom is 0.142 e. The normalized spacial score (nSPS) is 25.8. The largest absolute Gasteiger partial charge is 0.142 e. The fraction of sp³-hybridized carbons (Fsp3) is 0.600. The van der Waals surface area contributed by atoms with Crippen molar-refractivity contribution in [3.63, 3.8) is 0 Å². The molecule has 1 aliphatic rings. The summed E-state index contributed by atoms with van der Waals surface area (Å²) >= 11 is 0. The number of benzene rings is 1. The summed E-state index contributed by atoms with van der Waals surface area (Å²) in [4.78, 5) is 0. The van der Waals surface area contributed by atoms with Crippen LogP contribution in [0.4, 0.5) is 0 Å². The maximum absolute atomic E-state index is 2.52. The average molecular weight is 266 g/mol. The van der Waals surface area contributed by atoms with Crippen LogP contribution in [-0.4, -0.2) is 19.2 Å². The Morgan fingerprint density at radius 2 is 1.82 bits per heavy atom. The molecule has 94 valence electrons. The van der Waals surface area contributed by atoms with E-state index in [-0.39, 0.29) is 0 Å². The topological polar surface area (TPSA) is 0 Å². The molecular formula is C15H25SSi+. The van der Waals surface area contributed by atoms with E-state index in [0.29, 0.717) is 10.9 Å². The second-order valence-corrected chi connectivity index (χ2v) is 14.7. The first kappa shape index (κ1) is 13.2. The molecule has 0 nitrogen and oxygen atoms in total. The molecule has 2 atom stereocenters. The summed E-state index contributed by atoms with van der Waals surface area (Å²) in [5.41, 5.74) is 1.61. The van der Waals surface area contributed by atoms with Crippen LogP contribution in [-0.2, 0) is 10.9 Å². The summed E-state index contributed by atoms with van der Waals surface area (Å²) in [6.07, 6.45) is 4.34. The molecular weight excluding hydrogens is 240 g/mol. The lowest BCUT2D eigenvalue weighted by atomic mass is 10.1. The molecule has 1 fully saturated rings. The van der Waals surface area contributed by atoms with E-state index in [9.17, 15) is 0 Å². The van der Waals surface area contributed by atoms with E-state index >= 15 is 0 Å². The fourth-order valence-corrected chi connectivity index (χ4v) is 10.4. The van der Waals surface area contributed by atoms with Gasteiger partial charge in [0, 0.05) is 5.56 Å². The van der Waals surface area contributed by atoms with E-state index in [0.717, 1.165) is 5.25 Å². The van der Waals surface area contributed by atoms with Crippen molar-refractivity contribution in [2.75, 3.05) is 11.1 Å². The van der Waals surface area contributed by atoms with Crippen LogP contribution in [0.15, 0.2) is 30.3 Å². The minimum atomic E-state index is -0.907. The van der Waals surface area contributed by atoms with Crippen LogP contribution in [0.5, 0.6) is 0 Å². The molecule has 17 heavy (non-hydrogen) atoms. The van der Waals surface area contributed by atoms with Gasteiger partial charge in [-0.15, -0.1) is 0 Å². The second-order valence-electron chi connectivity index (χ2n) is 6.34. The van der Waals surface area contributed by atoms with Crippen molar-refractivity contribution in [3.05, 3.63) is 35.9 Å². The zero-order valence-corrected chi connectivity index (χ0v) is 13.2. The smallest absolute Gasteiger partial charge is 0.0653 e. The Balaban J connectivity index is 2.13. The Bertz CT molecular complexity index is 342. The monoisotopic (exact) mass is 265 g/mol. The van der Waals surface area contributed by atoms with E-state index in [1.165, 1.54) is 30.4 Å². The number of hydrogen-bond donors (Lipinski definition) is 0. The van der Waals surface area contributed by atoms with Gasteiger partial charge in [-0.05, 0) is 30.2 Å². The quantitative estimate of drug-likeness (QED) is 0.561. The Kier molecular flexibility index (Phi) is 4.37. The fourth-order valence-electron chi connectivity index (χ4n) is 2.68. The van der Waals surface area contributed by atoms with Crippen molar-refractivity contribution < 1.29 is 0 Å². The molecule has 0 bridgehead atoms. The lowest BCUT2D eigenvalue weighted by Crippen LogP contribution is -2.37. The first-order valence-corrected chi connectivity index (χ1v) is 12.1. The van der Waals surface area contributed by atoms with Gasteiger partial charge in [-0.3, -0.25) is 0 Å². The summed E-state index contributed by atoms with van der Waals surface area (Å²) in [6.45, 7) is 7.57. The summed E-state index contributed by atoms with van der Waals surface area (Å²) in [7, 11) is -0.248. The van der Waals surface area contributed by atoms with Crippen LogP contribution in [0.1, 0.15) is 30.1 Å². The van der Waals surface area contributed by atoms with Crippen LogP contribution in [0.2, 0.25) is 19.6 Å². The molecule has 0 radical (unpaired) electrons. The molecule has 0 aromatic heterocycles. The Morgan fingerprint density at radius 1 is 1.12 bits per heavy atom. The Hall–Kier alpha value is -0.213. The molecule has 1 unspecified atom stereocenters. The summed E-state index contributed by atoms with van der Waals surface area (Å²) in [5.74, 6) is 1.49. The van der Waals surface area contributed by atoms with Gasteiger partial charge >= 0.3 is 0 Å². The van der Waals surface area contributed by atoms with Crippen molar-refractivity contribution in [2.45, 2.75) is 44.2 Å². The first-order valence-electron chi connectivity index (χ1n) is 6.77. The third kappa shape index (κ3) is 3.89. The van der Waals surface area contributed by atoms with Gasteiger partial charge in [0.15, 0.2) is 0 Å². The Morgan fingerprint density at radius 3 is 2.47 bits per heavy atom. The van der Waals surface area contributed by atoms with E-state index in [1.54, 1.807) is 5.56 Å². The van der Waals surface area contributed by atoms with Crippen LogP contribution < -0.4 is 0 Å². The summed E-state index contributed by atoms with van der Waals surface area (Å²) < 4.78 is 0. The van der Waals surface area contributed by atoms with E-state index in [1.807, 2.05) is 0 Å². The van der Waals surface area contributed by atoms with Crippen molar-refractivity contribution >= 4 is 19.0 Å². The highest BCUT2D eigenvalue weighted by atomic mass is 32.2. The highest BCUT2D eigenvalue weighted by molar-refractivity contribution is 7.98. The third-order valence-electron chi connectivity index (χ3n) is 3.31. The lowest BCUT2D eigenvalue weighted by molar-refractivity contribution is 0.678. The molecule has 2 rings (SSSR count). The number of rotatable bonds is 3. The Labute approximate surface area is 110 Å². The van der Waals surface area contributed by atoms with Crippen molar-refractivity contribution in [2.24, 2.45) is 0 Å². The predicted octanol–water partition coefficient (Wildman–Crippen LogP) is 4.41. The van der Waals surface area contributed by atoms with Gasteiger partial charge in [-0.25, -0.2) is 0 Å². The van der Waals surface area contributed by atoms with Crippen molar-refractivity contribution in [1.29, 1.82) is 0 Å². The van der Waals surface area contributed by atoms with E-state index in [4.69, 9.17) is 0 Å². The minimum Gasteiger partial charge on any atom is -0.0653 e. The minimum absolute atomic E-state index is 0.659. The molecule has 1 aliphatic heterocycles. The summed E-state index contributed by atoms with van der Waals surface area (Å²) in [5, 5.41) is 2.41. The van der Waals surface area contributed by atoms with Crippen molar-refractivity contribution in [1.82, 2.24) is 0 Å². The van der Waals surface area contributed by atoms with Gasteiger partial charge < -0.3 is 0 Å². The second kappa shape index (κ2) is 5.62. The van der Waals surface area contributed by atoms with Crippen LogP contribution in [0, 0.1) is 0 Å². The van der Waals surface area contributed by atoms with Gasteiger partial charge in [0.25, 0.3) is 0 Å². The molecule has 1 heterocycles. The summed E-state index contributed by atoms with van der Waals surface area (Å²) in [6, 6.07) is 11.3. The van der Waals surface area contributed by atoms with Gasteiger partial charge in [-0.2, -0.15) is 0 Å². The maximum atomic E-state index is 2.52. The van der Waals surface area contributed by atoms with E-state index in [2.05, 4.69) is 50.0 Å². The molecule has 0 spiro atoms. The highest BCUT2D eigenvalue weighted by Gasteiger charge is 2.38. The lowest BCUT2D eigenvalue weighted by Gasteiger charge is -2.27. The number of hydrogen-bond acceptors (Lipinski definition) is 0. The SMILES string of the molecule is C[Si](C)(C)C[S+]1CCCC[C@@H]1c1ccccc1. The van der Waals surface area contributed by atoms with Gasteiger partial charge in [0.2, 0.25) is 0 Å². The van der Waals surface area contributed by atoms with Gasteiger partial charge in [0.05, 0.1) is 5.38 Å². The average Bonchev–Trinajstić information content (AvgIpc) is 2.29. The first-order chi connectivity index (χ1) is 8.06. The van der Waals surface area contributed by atoms with E-state index < -0.39 is 8.07 Å². The van der Waals surface area contributed by atoms with Gasteiger partial charge in [0.1, 0.15) is 19.1 Å². The molecule has 0 N–H and O–H groups in total. The van der Waals surface area contributed by atoms with Crippen LogP contribution >= 0.6 is 0 Å². The van der Waals surface area contributed by atoms with Crippen molar-refractivity contribution in [3.8, 4) is 0 Å². The van der Waals surface area contributed by atoms with Crippen LogP contribution in [0.3, 0.4) is 0 Å². The molecule has 1 aromatic rings. The molecule has 0 amide bonds. The third-order valence-corrected chi connectivity index (χ3v) is 10.4. The molecule has 1 saturated heterocycles. The molecule has 1 aromatic carbocycles. The zero-order valence-electron chi connectivity index (χ0n) is 11.4. The molecule has 0 aliphatic carbocycles. The molecule has 2 heteroatoms. The van der Waals surface area contributed by atoms with Gasteiger partial charge in [-0.1, -0.05) is 50.0 Å².